The van der Waals surface area contributed by atoms with Crippen LogP contribution in [0.15, 0.2) is 48.0 Å². The number of Topliss-reactive ketones (excluding diaryl/α,β-unsaturated/α-hetero) is 1. The van der Waals surface area contributed by atoms with Crippen molar-refractivity contribution in [3.8, 4) is 5.75 Å². The smallest absolute Gasteiger partial charge is 0.295 e. The zero-order valence-corrected chi connectivity index (χ0v) is 20.5. The molecule has 1 aliphatic rings. The molecule has 7 heteroatoms. The highest BCUT2D eigenvalue weighted by atomic mass is 35.5. The Kier molecular flexibility index (Phi) is 7.82. The molecule has 2 aromatic rings. The Morgan fingerprint density at radius 1 is 1.15 bits per heavy atom. The van der Waals surface area contributed by atoms with E-state index >= 15 is 0 Å². The fourth-order valence-corrected chi connectivity index (χ4v) is 4.12. The number of halogens is 1. The molecule has 1 atom stereocenters. The standard InChI is InChI=1S/C26H31ClN2O4/c1-16(2)33-21-12-9-19(15-17(21)3)24(30)22-23(18-7-10-20(27)11-8-18)29(26(32)25(22)31)14-6-13-28(4)5/h7-12,15-16,23,30H,6,13-14H2,1-5H3/t23-/m0/s1. The molecule has 1 heterocycles. The molecule has 1 amide bonds. The molecule has 6 nitrogen and oxygen atoms in total. The van der Waals surface area contributed by atoms with Crippen molar-refractivity contribution in [2.75, 3.05) is 27.2 Å². The molecular formula is C26H31ClN2O4. The summed E-state index contributed by atoms with van der Waals surface area (Å²) in [5.41, 5.74) is 2.11. The van der Waals surface area contributed by atoms with Crippen LogP contribution in [0.4, 0.5) is 0 Å². The average Bonchev–Trinajstić information content (AvgIpc) is 2.99. The van der Waals surface area contributed by atoms with E-state index in [2.05, 4.69) is 0 Å². The summed E-state index contributed by atoms with van der Waals surface area (Å²) in [4.78, 5) is 29.7. The van der Waals surface area contributed by atoms with Crippen LogP contribution in [0.2, 0.25) is 5.02 Å². The molecule has 1 aliphatic heterocycles. The molecule has 0 aromatic heterocycles. The highest BCUT2D eigenvalue weighted by molar-refractivity contribution is 6.46. The van der Waals surface area contributed by atoms with Gasteiger partial charge in [-0.05, 0) is 89.3 Å². The van der Waals surface area contributed by atoms with Crippen LogP contribution in [-0.4, -0.2) is 59.9 Å². The van der Waals surface area contributed by atoms with E-state index in [-0.39, 0.29) is 17.4 Å². The first kappa shape index (κ1) is 24.8. The number of carbonyl (C=O) groups excluding carboxylic acids is 2. The molecule has 0 radical (unpaired) electrons. The Morgan fingerprint density at radius 2 is 1.82 bits per heavy atom. The van der Waals surface area contributed by atoms with E-state index in [1.807, 2.05) is 39.8 Å². The molecule has 0 bridgehead atoms. The quantitative estimate of drug-likeness (QED) is 0.340. The van der Waals surface area contributed by atoms with Crippen LogP contribution >= 0.6 is 11.6 Å². The highest BCUT2D eigenvalue weighted by Crippen LogP contribution is 2.40. The van der Waals surface area contributed by atoms with Gasteiger partial charge in [-0.1, -0.05) is 23.7 Å². The van der Waals surface area contributed by atoms with Gasteiger partial charge in [0.1, 0.15) is 11.5 Å². The van der Waals surface area contributed by atoms with Crippen molar-refractivity contribution in [1.82, 2.24) is 9.80 Å². The van der Waals surface area contributed by atoms with Gasteiger partial charge in [0.05, 0.1) is 17.7 Å². The van der Waals surface area contributed by atoms with Crippen LogP contribution < -0.4 is 4.74 Å². The lowest BCUT2D eigenvalue weighted by atomic mass is 9.94. The van der Waals surface area contributed by atoms with E-state index < -0.39 is 17.7 Å². The summed E-state index contributed by atoms with van der Waals surface area (Å²) in [6.45, 7) is 6.93. The first-order valence-electron chi connectivity index (χ1n) is 11.1. The Morgan fingerprint density at radius 3 is 2.39 bits per heavy atom. The third-order valence-corrected chi connectivity index (χ3v) is 5.79. The largest absolute Gasteiger partial charge is 0.507 e. The van der Waals surface area contributed by atoms with Gasteiger partial charge < -0.3 is 19.6 Å². The van der Waals surface area contributed by atoms with Crippen LogP contribution in [0.3, 0.4) is 0 Å². The molecular weight excluding hydrogens is 440 g/mol. The van der Waals surface area contributed by atoms with E-state index in [1.165, 1.54) is 0 Å². The van der Waals surface area contributed by atoms with Crippen molar-refractivity contribution in [3.63, 3.8) is 0 Å². The summed E-state index contributed by atoms with van der Waals surface area (Å²) in [7, 11) is 3.92. The maximum atomic E-state index is 13.1. The lowest BCUT2D eigenvalue weighted by Gasteiger charge is -2.26. The molecule has 2 aromatic carbocycles. The monoisotopic (exact) mass is 470 g/mol. The molecule has 0 unspecified atom stereocenters. The number of aliphatic hydroxyl groups excluding tert-OH is 1. The van der Waals surface area contributed by atoms with Gasteiger partial charge >= 0.3 is 0 Å². The molecule has 0 spiro atoms. The Bertz CT molecular complexity index is 1060. The number of aryl methyl sites for hydroxylation is 1. The van der Waals surface area contributed by atoms with Crippen LogP contribution in [0, 0.1) is 6.92 Å². The highest BCUT2D eigenvalue weighted by Gasteiger charge is 2.45. The van der Waals surface area contributed by atoms with Crippen LogP contribution in [0.25, 0.3) is 5.76 Å². The third-order valence-electron chi connectivity index (χ3n) is 5.54. The van der Waals surface area contributed by atoms with Crippen molar-refractivity contribution in [1.29, 1.82) is 0 Å². The number of nitrogens with zero attached hydrogens (tertiary/aromatic N) is 2. The number of hydrogen-bond acceptors (Lipinski definition) is 5. The average molecular weight is 471 g/mol. The number of ketones is 1. The first-order valence-corrected chi connectivity index (χ1v) is 11.4. The summed E-state index contributed by atoms with van der Waals surface area (Å²) < 4.78 is 5.78. The number of rotatable bonds is 8. The number of carbonyl (C=O) groups is 2. The Hall–Kier alpha value is -2.83. The van der Waals surface area contributed by atoms with E-state index in [9.17, 15) is 14.7 Å². The van der Waals surface area contributed by atoms with Gasteiger partial charge in [0.2, 0.25) is 0 Å². The topological polar surface area (TPSA) is 70.1 Å². The van der Waals surface area contributed by atoms with Crippen molar-refractivity contribution >= 4 is 29.1 Å². The second-order valence-corrected chi connectivity index (χ2v) is 9.28. The Balaban J connectivity index is 2.07. The lowest BCUT2D eigenvalue weighted by Crippen LogP contribution is -2.32. The second kappa shape index (κ2) is 10.4. The number of ether oxygens (including phenoxy) is 1. The van der Waals surface area contributed by atoms with E-state index in [0.29, 0.717) is 29.3 Å². The summed E-state index contributed by atoms with van der Waals surface area (Å²) in [6.07, 6.45) is 0.713. The third kappa shape index (κ3) is 5.57. The molecule has 0 aliphatic carbocycles. The van der Waals surface area contributed by atoms with Gasteiger partial charge in [-0.25, -0.2) is 0 Å². The van der Waals surface area contributed by atoms with Crippen molar-refractivity contribution < 1.29 is 19.4 Å². The van der Waals surface area contributed by atoms with Crippen LogP contribution in [0.1, 0.15) is 43.0 Å². The molecule has 176 valence electrons. The lowest BCUT2D eigenvalue weighted by molar-refractivity contribution is -0.139. The number of hydrogen-bond donors (Lipinski definition) is 1. The van der Waals surface area contributed by atoms with Crippen molar-refractivity contribution in [3.05, 3.63) is 69.8 Å². The number of benzene rings is 2. The maximum Gasteiger partial charge on any atom is 0.295 e. The van der Waals surface area contributed by atoms with Gasteiger partial charge in [-0.15, -0.1) is 0 Å². The summed E-state index contributed by atoms with van der Waals surface area (Å²) in [6, 6.07) is 11.6. The van der Waals surface area contributed by atoms with E-state index in [0.717, 1.165) is 17.7 Å². The van der Waals surface area contributed by atoms with Gasteiger partial charge in [0.25, 0.3) is 11.7 Å². The van der Waals surface area contributed by atoms with Crippen LogP contribution in [-0.2, 0) is 9.59 Å². The number of likely N-dealkylation sites (tertiary alicyclic amines) is 1. The molecule has 33 heavy (non-hydrogen) atoms. The fourth-order valence-electron chi connectivity index (χ4n) is 4.00. The minimum Gasteiger partial charge on any atom is -0.507 e. The summed E-state index contributed by atoms with van der Waals surface area (Å²) >= 11 is 6.07. The first-order chi connectivity index (χ1) is 15.6. The molecule has 0 saturated carbocycles. The predicted molar refractivity (Wildman–Crippen MR) is 131 cm³/mol. The van der Waals surface area contributed by atoms with Gasteiger partial charge in [-0.3, -0.25) is 9.59 Å². The zero-order chi connectivity index (χ0) is 24.3. The fraction of sp³-hybridized carbons (Fsp3) is 0.385. The SMILES string of the molecule is Cc1cc(C(O)=C2C(=O)C(=O)N(CCCN(C)C)[C@H]2c2ccc(Cl)cc2)ccc1OC(C)C. The Labute approximate surface area is 200 Å². The predicted octanol–water partition coefficient (Wildman–Crippen LogP) is 4.81. The minimum atomic E-state index is -0.684. The van der Waals surface area contributed by atoms with Crippen LogP contribution in [0.5, 0.6) is 5.75 Å². The molecule has 1 N–H and O–H groups in total. The van der Waals surface area contributed by atoms with Gasteiger partial charge in [0, 0.05) is 17.1 Å². The van der Waals surface area contributed by atoms with Crippen molar-refractivity contribution in [2.24, 2.45) is 0 Å². The second-order valence-electron chi connectivity index (χ2n) is 8.85. The van der Waals surface area contributed by atoms with Gasteiger partial charge in [0.15, 0.2) is 0 Å². The van der Waals surface area contributed by atoms with E-state index in [1.54, 1.807) is 47.4 Å². The van der Waals surface area contributed by atoms with E-state index in [4.69, 9.17) is 16.3 Å². The molecule has 1 saturated heterocycles. The zero-order valence-electron chi connectivity index (χ0n) is 19.8. The molecule has 3 rings (SSSR count). The minimum absolute atomic E-state index is 0.0144. The van der Waals surface area contributed by atoms with Gasteiger partial charge in [-0.2, -0.15) is 0 Å². The maximum absolute atomic E-state index is 13.1. The number of amides is 1. The summed E-state index contributed by atoms with van der Waals surface area (Å²) in [5, 5.41) is 11.8. The molecule has 1 fully saturated rings. The summed E-state index contributed by atoms with van der Waals surface area (Å²) in [5.74, 6) is -0.772. The normalized spacial score (nSPS) is 17.9. The van der Waals surface area contributed by atoms with Crippen molar-refractivity contribution in [2.45, 2.75) is 39.3 Å². The number of aliphatic hydroxyl groups is 1.